The second-order valence-corrected chi connectivity index (χ2v) is 9.89. The summed E-state index contributed by atoms with van der Waals surface area (Å²) in [5.41, 5.74) is -1.08. The summed E-state index contributed by atoms with van der Waals surface area (Å²) < 4.78 is 12.4. The van der Waals surface area contributed by atoms with Crippen molar-refractivity contribution in [1.29, 1.82) is 0 Å². The molecular formula is C23H43N3O5. The van der Waals surface area contributed by atoms with Crippen LogP contribution < -0.4 is 5.32 Å². The average molecular weight is 442 g/mol. The molecule has 8 heteroatoms. The lowest BCUT2D eigenvalue weighted by molar-refractivity contribution is -0.251. The Morgan fingerprint density at radius 1 is 1.23 bits per heavy atom. The first kappa shape index (κ1) is 26.0. The van der Waals surface area contributed by atoms with E-state index in [9.17, 15) is 14.7 Å². The number of ether oxygens (including phenoxy) is 2. The van der Waals surface area contributed by atoms with Gasteiger partial charge in [-0.2, -0.15) is 0 Å². The van der Waals surface area contributed by atoms with Gasteiger partial charge in [-0.3, -0.25) is 9.59 Å². The Labute approximate surface area is 187 Å². The smallest absolute Gasteiger partial charge is 0.224 e. The van der Waals surface area contributed by atoms with Crippen molar-refractivity contribution in [2.75, 3.05) is 34.2 Å². The van der Waals surface area contributed by atoms with E-state index < -0.39 is 11.7 Å². The minimum atomic E-state index is -1.08. The first-order valence-electron chi connectivity index (χ1n) is 11.7. The molecule has 0 aliphatic carbocycles. The number of amides is 2. The Kier molecular flexibility index (Phi) is 9.73. The molecule has 0 aromatic carbocycles. The second kappa shape index (κ2) is 11.6. The maximum atomic E-state index is 12.4. The van der Waals surface area contributed by atoms with Crippen molar-refractivity contribution in [3.63, 3.8) is 0 Å². The van der Waals surface area contributed by atoms with E-state index in [1.165, 1.54) is 0 Å². The summed E-state index contributed by atoms with van der Waals surface area (Å²) in [6, 6.07) is 0.363. The zero-order valence-electron chi connectivity index (χ0n) is 20.2. The SMILES string of the molecule is CC1CC[C@@H](OC2C[C@@H](N(C)C)C[C@@H](C)O2)C(C)(O)CCCN(C)C(=O)CCNC1=O. The van der Waals surface area contributed by atoms with Crippen molar-refractivity contribution in [1.82, 2.24) is 15.1 Å². The number of hydrogen-bond acceptors (Lipinski definition) is 6. The van der Waals surface area contributed by atoms with Gasteiger partial charge in [0.05, 0.1) is 17.8 Å². The van der Waals surface area contributed by atoms with Crippen molar-refractivity contribution in [2.45, 2.75) is 95.9 Å². The molecule has 3 unspecified atom stereocenters. The van der Waals surface area contributed by atoms with Gasteiger partial charge in [0.1, 0.15) is 0 Å². The first-order valence-corrected chi connectivity index (χ1v) is 11.7. The third-order valence-corrected chi connectivity index (χ3v) is 6.74. The van der Waals surface area contributed by atoms with Crippen LogP contribution in [0.15, 0.2) is 0 Å². The number of nitrogens with zero attached hydrogens (tertiary/aromatic N) is 2. The highest BCUT2D eigenvalue weighted by molar-refractivity contribution is 5.80. The Bertz CT molecular complexity index is 598. The van der Waals surface area contributed by atoms with Crippen LogP contribution in [0.5, 0.6) is 0 Å². The van der Waals surface area contributed by atoms with E-state index in [4.69, 9.17) is 9.47 Å². The van der Waals surface area contributed by atoms with Crippen molar-refractivity contribution in [3.8, 4) is 0 Å². The molecular weight excluding hydrogens is 398 g/mol. The van der Waals surface area contributed by atoms with Crippen LogP contribution in [0.25, 0.3) is 0 Å². The lowest BCUT2D eigenvalue weighted by Gasteiger charge is -2.41. The standard InChI is InChI=1S/C23H43N3O5/c1-16-8-9-19(31-21-15-18(25(4)5)14-17(2)30-21)23(3,29)11-7-13-26(6)20(27)10-12-24-22(16)28/h16-19,21,29H,7-15H2,1-6H3,(H,24,28)/t16?,17-,18+,19-,21?,23?/m1/s1. The third kappa shape index (κ3) is 8.00. The molecule has 6 atom stereocenters. The highest BCUT2D eigenvalue weighted by Gasteiger charge is 2.38. The van der Waals surface area contributed by atoms with Gasteiger partial charge in [-0.15, -0.1) is 0 Å². The first-order chi connectivity index (χ1) is 14.5. The van der Waals surface area contributed by atoms with Gasteiger partial charge in [-0.25, -0.2) is 0 Å². The van der Waals surface area contributed by atoms with E-state index in [0.717, 1.165) is 12.8 Å². The number of rotatable bonds is 3. The highest BCUT2D eigenvalue weighted by atomic mass is 16.7. The van der Waals surface area contributed by atoms with Gasteiger partial charge >= 0.3 is 0 Å². The zero-order chi connectivity index (χ0) is 23.2. The van der Waals surface area contributed by atoms with Gasteiger partial charge in [0.2, 0.25) is 11.8 Å². The predicted octanol–water partition coefficient (Wildman–Crippen LogP) is 1.75. The molecule has 2 aliphatic rings. The molecule has 2 heterocycles. The highest BCUT2D eigenvalue weighted by Crippen LogP contribution is 2.31. The molecule has 2 rings (SSSR count). The van der Waals surface area contributed by atoms with E-state index in [1.54, 1.807) is 18.9 Å². The van der Waals surface area contributed by atoms with Crippen LogP contribution in [0, 0.1) is 5.92 Å². The van der Waals surface area contributed by atoms with Crippen LogP contribution in [0.4, 0.5) is 0 Å². The van der Waals surface area contributed by atoms with Crippen LogP contribution in [-0.4, -0.2) is 91.1 Å². The Morgan fingerprint density at radius 3 is 2.61 bits per heavy atom. The van der Waals surface area contributed by atoms with Gasteiger partial charge in [0, 0.05) is 44.9 Å². The van der Waals surface area contributed by atoms with Crippen molar-refractivity contribution in [2.24, 2.45) is 5.92 Å². The average Bonchev–Trinajstić information content (AvgIpc) is 2.69. The monoisotopic (exact) mass is 441 g/mol. The van der Waals surface area contributed by atoms with Crippen molar-refractivity contribution >= 4 is 11.8 Å². The number of aliphatic hydroxyl groups is 1. The summed E-state index contributed by atoms with van der Waals surface area (Å²) >= 11 is 0. The number of hydrogen-bond donors (Lipinski definition) is 2. The molecule has 8 nitrogen and oxygen atoms in total. The molecule has 2 saturated heterocycles. The molecule has 2 N–H and O–H groups in total. The van der Waals surface area contributed by atoms with Crippen LogP contribution >= 0.6 is 0 Å². The lowest BCUT2D eigenvalue weighted by atomic mass is 9.87. The fraction of sp³-hybridized carbons (Fsp3) is 0.913. The molecule has 2 aliphatic heterocycles. The Morgan fingerprint density at radius 2 is 1.94 bits per heavy atom. The van der Waals surface area contributed by atoms with Crippen LogP contribution in [0.1, 0.15) is 65.7 Å². The number of carbonyl (C=O) groups excluding carboxylic acids is 2. The number of carbonyl (C=O) groups is 2. The van der Waals surface area contributed by atoms with Gasteiger partial charge in [0.15, 0.2) is 6.29 Å². The van der Waals surface area contributed by atoms with Crippen LogP contribution in [0.2, 0.25) is 0 Å². The topological polar surface area (TPSA) is 91.3 Å². The fourth-order valence-corrected chi connectivity index (χ4v) is 4.44. The maximum Gasteiger partial charge on any atom is 0.224 e. The summed E-state index contributed by atoms with van der Waals surface area (Å²) in [5, 5.41) is 14.2. The maximum absolute atomic E-state index is 12.4. The quantitative estimate of drug-likeness (QED) is 0.693. The van der Waals surface area contributed by atoms with Crippen molar-refractivity contribution < 1.29 is 24.2 Å². The zero-order valence-corrected chi connectivity index (χ0v) is 20.2. The number of nitrogens with one attached hydrogen (secondary N) is 1. The van der Waals surface area contributed by atoms with E-state index >= 15 is 0 Å². The second-order valence-electron chi connectivity index (χ2n) is 9.89. The fourth-order valence-electron chi connectivity index (χ4n) is 4.44. The van der Waals surface area contributed by atoms with Gasteiger partial charge in [-0.1, -0.05) is 6.92 Å². The minimum absolute atomic E-state index is 0.00299. The molecule has 0 aromatic rings. The summed E-state index contributed by atoms with van der Waals surface area (Å²) in [4.78, 5) is 28.5. The third-order valence-electron chi connectivity index (χ3n) is 6.74. The largest absolute Gasteiger partial charge is 0.387 e. The van der Waals surface area contributed by atoms with E-state index in [2.05, 4.69) is 31.2 Å². The molecule has 0 spiro atoms. The van der Waals surface area contributed by atoms with E-state index in [0.29, 0.717) is 51.2 Å². The van der Waals surface area contributed by atoms with Crippen LogP contribution in [0.3, 0.4) is 0 Å². The molecule has 0 radical (unpaired) electrons. The summed E-state index contributed by atoms with van der Waals surface area (Å²) in [5.74, 6) is -0.295. The molecule has 0 aromatic heterocycles. The molecule has 0 saturated carbocycles. The molecule has 31 heavy (non-hydrogen) atoms. The van der Waals surface area contributed by atoms with E-state index in [-0.39, 0.29) is 30.1 Å². The van der Waals surface area contributed by atoms with Gasteiger partial charge in [0.25, 0.3) is 0 Å². The summed E-state index contributed by atoms with van der Waals surface area (Å²) in [6.45, 7) is 6.64. The Hall–Kier alpha value is -1.22. The predicted molar refractivity (Wildman–Crippen MR) is 119 cm³/mol. The normalized spacial score (nSPS) is 37.4. The van der Waals surface area contributed by atoms with E-state index in [1.807, 2.05) is 6.92 Å². The minimum Gasteiger partial charge on any atom is -0.387 e. The molecule has 180 valence electrons. The lowest BCUT2D eigenvalue weighted by Crippen LogP contribution is -2.49. The molecule has 2 fully saturated rings. The molecule has 0 bridgehead atoms. The summed E-state index contributed by atoms with van der Waals surface area (Å²) in [6.07, 6.45) is 3.58. The van der Waals surface area contributed by atoms with Crippen molar-refractivity contribution in [3.05, 3.63) is 0 Å². The van der Waals surface area contributed by atoms with Crippen LogP contribution in [-0.2, 0) is 19.1 Å². The van der Waals surface area contributed by atoms with Gasteiger partial charge in [-0.05, 0) is 60.0 Å². The summed E-state index contributed by atoms with van der Waals surface area (Å²) in [7, 11) is 5.89. The van der Waals surface area contributed by atoms with Gasteiger partial charge < -0.3 is 29.7 Å². The molecule has 2 amide bonds. The Balaban J connectivity index is 2.13.